The maximum absolute atomic E-state index is 4.75. The van der Waals surface area contributed by atoms with Gasteiger partial charge in [0.2, 0.25) is 5.95 Å². The van der Waals surface area contributed by atoms with Crippen molar-refractivity contribution in [2.24, 2.45) is 5.92 Å². The summed E-state index contributed by atoms with van der Waals surface area (Å²) in [5, 5.41) is 1.09. The first-order valence-electron chi connectivity index (χ1n) is 7.26. The maximum atomic E-state index is 4.75. The monoisotopic (exact) mass is 325 g/mol. The third kappa shape index (κ3) is 3.91. The lowest BCUT2D eigenvalue weighted by Crippen LogP contribution is -2.37. The predicted molar refractivity (Wildman–Crippen MR) is 84.2 cm³/mol. The summed E-state index contributed by atoms with van der Waals surface area (Å²) in [7, 11) is 0. The lowest BCUT2D eigenvalue weighted by molar-refractivity contribution is 0.403. The van der Waals surface area contributed by atoms with E-state index < -0.39 is 0 Å². The second kappa shape index (κ2) is 6.69. The van der Waals surface area contributed by atoms with Crippen molar-refractivity contribution in [1.82, 2.24) is 9.97 Å². The molecule has 1 aliphatic rings. The Morgan fingerprint density at radius 1 is 1.42 bits per heavy atom. The Bertz CT molecular complexity index is 418. The predicted octanol–water partition coefficient (Wildman–Crippen LogP) is 3.91. The van der Waals surface area contributed by atoms with Crippen molar-refractivity contribution >= 4 is 21.9 Å². The molecule has 0 radical (unpaired) electrons. The summed E-state index contributed by atoms with van der Waals surface area (Å²) in [5.41, 5.74) is 2.24. The maximum Gasteiger partial charge on any atom is 0.225 e. The standard InChI is InChI=1S/C15H24BrN3/c1-11(2)14-9-12(3)17-15(18-14)19-8-4-5-13(10-19)6-7-16/h9,11,13H,4-8,10H2,1-3H3. The van der Waals surface area contributed by atoms with Gasteiger partial charge in [-0.3, -0.25) is 0 Å². The molecule has 1 saturated heterocycles. The van der Waals surface area contributed by atoms with E-state index in [0.29, 0.717) is 5.92 Å². The van der Waals surface area contributed by atoms with Crippen LogP contribution in [0.4, 0.5) is 5.95 Å². The van der Waals surface area contributed by atoms with Gasteiger partial charge in [-0.1, -0.05) is 29.8 Å². The largest absolute Gasteiger partial charge is 0.341 e. The highest BCUT2D eigenvalue weighted by Crippen LogP contribution is 2.24. The summed E-state index contributed by atoms with van der Waals surface area (Å²) in [6.45, 7) is 8.65. The molecule has 1 fully saturated rings. The number of hydrogen-bond donors (Lipinski definition) is 0. The molecule has 1 aromatic rings. The number of piperidine rings is 1. The summed E-state index contributed by atoms with van der Waals surface area (Å²) in [4.78, 5) is 11.8. The van der Waals surface area contributed by atoms with E-state index in [1.165, 1.54) is 19.3 Å². The van der Waals surface area contributed by atoms with Crippen molar-refractivity contribution in [3.8, 4) is 0 Å². The molecule has 0 N–H and O–H groups in total. The summed E-state index contributed by atoms with van der Waals surface area (Å²) in [6.07, 6.45) is 3.84. The fourth-order valence-corrected chi connectivity index (χ4v) is 3.30. The van der Waals surface area contributed by atoms with Crippen LogP contribution in [0.25, 0.3) is 0 Å². The molecule has 0 amide bonds. The van der Waals surface area contributed by atoms with E-state index in [2.05, 4.69) is 52.7 Å². The average Bonchev–Trinajstić information content (AvgIpc) is 2.38. The second-order valence-corrected chi connectivity index (χ2v) is 6.61. The van der Waals surface area contributed by atoms with Gasteiger partial charge < -0.3 is 4.90 Å². The van der Waals surface area contributed by atoms with Gasteiger partial charge in [0, 0.05) is 29.8 Å². The summed E-state index contributed by atoms with van der Waals surface area (Å²) >= 11 is 3.55. The third-order valence-electron chi connectivity index (χ3n) is 3.77. The van der Waals surface area contributed by atoms with Gasteiger partial charge >= 0.3 is 0 Å². The van der Waals surface area contributed by atoms with Crippen LogP contribution in [0.5, 0.6) is 0 Å². The van der Waals surface area contributed by atoms with Crippen molar-refractivity contribution in [3.63, 3.8) is 0 Å². The molecular weight excluding hydrogens is 302 g/mol. The van der Waals surface area contributed by atoms with Gasteiger partial charge in [-0.25, -0.2) is 9.97 Å². The van der Waals surface area contributed by atoms with Crippen LogP contribution in [0.15, 0.2) is 6.07 Å². The van der Waals surface area contributed by atoms with Crippen LogP contribution in [0.1, 0.15) is 50.4 Å². The number of nitrogens with zero attached hydrogens (tertiary/aromatic N) is 3. The van der Waals surface area contributed by atoms with Crippen LogP contribution >= 0.6 is 15.9 Å². The molecule has 3 nitrogen and oxygen atoms in total. The smallest absolute Gasteiger partial charge is 0.225 e. The van der Waals surface area contributed by atoms with Crippen molar-refractivity contribution in [3.05, 3.63) is 17.5 Å². The Kier molecular flexibility index (Phi) is 5.20. The molecule has 2 heterocycles. The Morgan fingerprint density at radius 3 is 2.89 bits per heavy atom. The zero-order valence-electron chi connectivity index (χ0n) is 12.2. The van der Waals surface area contributed by atoms with Crippen molar-refractivity contribution in [1.29, 1.82) is 0 Å². The molecule has 0 spiro atoms. The highest BCUT2D eigenvalue weighted by molar-refractivity contribution is 9.09. The van der Waals surface area contributed by atoms with Gasteiger partial charge in [0.05, 0.1) is 0 Å². The molecule has 106 valence electrons. The minimum absolute atomic E-state index is 0.462. The quantitative estimate of drug-likeness (QED) is 0.786. The summed E-state index contributed by atoms with van der Waals surface area (Å²) in [6, 6.07) is 2.11. The highest BCUT2D eigenvalue weighted by atomic mass is 79.9. The van der Waals surface area contributed by atoms with Gasteiger partial charge in [0.1, 0.15) is 0 Å². The first-order chi connectivity index (χ1) is 9.10. The van der Waals surface area contributed by atoms with Crippen LogP contribution in [-0.2, 0) is 0 Å². The molecule has 0 saturated carbocycles. The van der Waals surface area contributed by atoms with Gasteiger partial charge in [-0.15, -0.1) is 0 Å². The minimum Gasteiger partial charge on any atom is -0.341 e. The number of aromatic nitrogens is 2. The number of rotatable bonds is 4. The molecule has 1 unspecified atom stereocenters. The molecule has 0 bridgehead atoms. The fraction of sp³-hybridized carbons (Fsp3) is 0.733. The van der Waals surface area contributed by atoms with Crippen LogP contribution in [-0.4, -0.2) is 28.4 Å². The number of aryl methyl sites for hydroxylation is 1. The zero-order valence-corrected chi connectivity index (χ0v) is 13.8. The van der Waals surface area contributed by atoms with E-state index in [1.54, 1.807) is 0 Å². The molecular formula is C15H24BrN3. The van der Waals surface area contributed by atoms with E-state index in [9.17, 15) is 0 Å². The number of hydrogen-bond acceptors (Lipinski definition) is 3. The van der Waals surface area contributed by atoms with Gasteiger partial charge in [0.25, 0.3) is 0 Å². The van der Waals surface area contributed by atoms with Crippen molar-refractivity contribution < 1.29 is 0 Å². The van der Waals surface area contributed by atoms with Crippen molar-refractivity contribution in [2.45, 2.75) is 46.0 Å². The topological polar surface area (TPSA) is 29.0 Å². The number of anilines is 1. The molecule has 1 atom stereocenters. The Balaban J connectivity index is 2.16. The lowest BCUT2D eigenvalue weighted by Gasteiger charge is -2.33. The Hall–Kier alpha value is -0.640. The van der Waals surface area contributed by atoms with Crippen LogP contribution in [0, 0.1) is 12.8 Å². The van der Waals surface area contributed by atoms with Gasteiger partial charge in [0.15, 0.2) is 0 Å². The number of halogens is 1. The molecule has 1 aromatic heterocycles. The molecule has 2 rings (SSSR count). The fourth-order valence-electron chi connectivity index (χ4n) is 2.65. The highest BCUT2D eigenvalue weighted by Gasteiger charge is 2.22. The van der Waals surface area contributed by atoms with Gasteiger partial charge in [-0.05, 0) is 44.1 Å². The van der Waals surface area contributed by atoms with Crippen LogP contribution < -0.4 is 4.90 Å². The summed E-state index contributed by atoms with van der Waals surface area (Å²) < 4.78 is 0. The SMILES string of the molecule is Cc1cc(C(C)C)nc(N2CCCC(CCBr)C2)n1. The zero-order chi connectivity index (χ0) is 13.8. The molecule has 19 heavy (non-hydrogen) atoms. The second-order valence-electron chi connectivity index (χ2n) is 5.82. The minimum atomic E-state index is 0.462. The van der Waals surface area contributed by atoms with Gasteiger partial charge in [-0.2, -0.15) is 0 Å². The molecule has 4 heteroatoms. The lowest BCUT2D eigenvalue weighted by atomic mass is 9.96. The van der Waals surface area contributed by atoms with E-state index in [1.807, 2.05) is 0 Å². The third-order valence-corrected chi connectivity index (χ3v) is 4.23. The molecule has 1 aliphatic heterocycles. The van der Waals surface area contributed by atoms with Crippen molar-refractivity contribution in [2.75, 3.05) is 23.3 Å². The Morgan fingerprint density at radius 2 is 2.21 bits per heavy atom. The summed E-state index contributed by atoms with van der Waals surface area (Å²) in [5.74, 6) is 2.17. The van der Waals surface area contributed by atoms with E-state index in [4.69, 9.17) is 4.98 Å². The van der Waals surface area contributed by atoms with Crippen LogP contribution in [0.2, 0.25) is 0 Å². The molecule has 0 aromatic carbocycles. The Labute approximate surface area is 125 Å². The number of alkyl halides is 1. The van der Waals surface area contributed by atoms with Crippen LogP contribution in [0.3, 0.4) is 0 Å². The first-order valence-corrected chi connectivity index (χ1v) is 8.38. The van der Waals surface area contributed by atoms with E-state index in [0.717, 1.165) is 41.7 Å². The normalized spacial score (nSPS) is 20.1. The van der Waals surface area contributed by atoms with E-state index in [-0.39, 0.29) is 0 Å². The first kappa shape index (κ1) is 14.8. The van der Waals surface area contributed by atoms with E-state index >= 15 is 0 Å². The average molecular weight is 326 g/mol. The molecule has 0 aliphatic carbocycles.